The highest BCUT2D eigenvalue weighted by Crippen LogP contribution is 2.02. The molecule has 0 saturated carbocycles. The quantitative estimate of drug-likeness (QED) is 0.236. The lowest BCUT2D eigenvalue weighted by Gasteiger charge is -2.22. The lowest BCUT2D eigenvalue weighted by atomic mass is 10.0. The molecule has 0 aliphatic rings. The van der Waals surface area contributed by atoms with E-state index in [-0.39, 0.29) is 18.6 Å². The Labute approximate surface area is 102 Å². The van der Waals surface area contributed by atoms with Crippen molar-refractivity contribution >= 4 is 12.4 Å². The molecular weight excluding hydrogens is 256 g/mol. The van der Waals surface area contributed by atoms with E-state index in [1.807, 2.05) is 0 Å². The average Bonchev–Trinajstić information content (AvgIpc) is 2.24. The average molecular weight is 276 g/mol. The van der Waals surface area contributed by atoms with Gasteiger partial charge in [0.25, 0.3) is 0 Å². The summed E-state index contributed by atoms with van der Waals surface area (Å²) < 4.78 is 0. The van der Waals surface area contributed by atoms with Crippen molar-refractivity contribution in [1.82, 2.24) is 12.3 Å². The monoisotopic (exact) mass is 276 g/mol. The minimum atomic E-state index is -2.33. The molecule has 0 aromatic rings. The van der Waals surface area contributed by atoms with Gasteiger partial charge in [-0.2, -0.15) is 0 Å². The number of carbonyl (C=O) groups is 2. The van der Waals surface area contributed by atoms with Gasteiger partial charge in [-0.3, -0.25) is 0 Å². The maximum absolute atomic E-state index is 9.90. The molecule has 13 N–H and O–H groups in total. The van der Waals surface area contributed by atoms with Crippen LogP contribution in [0.1, 0.15) is 0 Å². The molecule has 112 valence electrons. The minimum absolute atomic E-state index is 0. The molecule has 0 aliphatic heterocycles. The SMILES string of the molecule is O=C([O-])[O-].O=C[C@H](O)[C@@H](O)[C@H](O)[C@H](O)CO.[NH4+].[NH4+]. The van der Waals surface area contributed by atoms with Gasteiger partial charge in [-0.1, -0.05) is 0 Å². The van der Waals surface area contributed by atoms with Crippen molar-refractivity contribution in [2.45, 2.75) is 24.4 Å². The number of carbonyl (C=O) groups excluding carboxylic acids is 2. The van der Waals surface area contributed by atoms with Crippen LogP contribution in [0.3, 0.4) is 0 Å². The molecule has 4 atom stereocenters. The Morgan fingerprint density at radius 2 is 1.39 bits per heavy atom. The zero-order chi connectivity index (χ0) is 13.3. The zero-order valence-corrected chi connectivity index (χ0v) is 9.96. The van der Waals surface area contributed by atoms with Gasteiger partial charge in [0.15, 0.2) is 6.29 Å². The van der Waals surface area contributed by atoms with Gasteiger partial charge in [-0.25, -0.2) is 0 Å². The van der Waals surface area contributed by atoms with Gasteiger partial charge in [0.05, 0.1) is 6.61 Å². The van der Waals surface area contributed by atoms with Crippen LogP contribution in [0.25, 0.3) is 0 Å². The minimum Gasteiger partial charge on any atom is -0.652 e. The Balaban J connectivity index is -0.000000143. The predicted octanol–water partition coefficient (Wildman–Crippen LogP) is -5.07. The van der Waals surface area contributed by atoms with Gasteiger partial charge < -0.3 is 57.6 Å². The molecule has 0 spiro atoms. The van der Waals surface area contributed by atoms with Crippen molar-refractivity contribution in [2.24, 2.45) is 0 Å². The largest absolute Gasteiger partial charge is 0.652 e. The Hall–Kier alpha value is -1.34. The zero-order valence-electron chi connectivity index (χ0n) is 9.96. The highest BCUT2D eigenvalue weighted by atomic mass is 16.6. The number of hydrogen-bond donors (Lipinski definition) is 7. The van der Waals surface area contributed by atoms with Gasteiger partial charge in [0, 0.05) is 0 Å². The van der Waals surface area contributed by atoms with Gasteiger partial charge in [-0.15, -0.1) is 0 Å². The van der Waals surface area contributed by atoms with Crippen molar-refractivity contribution in [1.29, 1.82) is 0 Å². The van der Waals surface area contributed by atoms with Gasteiger partial charge >= 0.3 is 0 Å². The van der Waals surface area contributed by atoms with Crippen LogP contribution in [0.2, 0.25) is 0 Å². The van der Waals surface area contributed by atoms with E-state index in [1.54, 1.807) is 0 Å². The summed E-state index contributed by atoms with van der Waals surface area (Å²) in [6.07, 6.45) is -9.17. The fraction of sp³-hybridized carbons (Fsp3) is 0.714. The van der Waals surface area contributed by atoms with Crippen LogP contribution in [0, 0.1) is 0 Å². The van der Waals surface area contributed by atoms with Crippen molar-refractivity contribution in [3.63, 3.8) is 0 Å². The Kier molecular flexibility index (Phi) is 19.4. The molecule has 0 fully saturated rings. The molecule has 11 nitrogen and oxygen atoms in total. The molecule has 0 radical (unpaired) electrons. The number of aldehydes is 1. The maximum Gasteiger partial charge on any atom is 0.151 e. The van der Waals surface area contributed by atoms with E-state index in [0.717, 1.165) is 0 Å². The van der Waals surface area contributed by atoms with Gasteiger partial charge in [0.2, 0.25) is 0 Å². The number of carboxylic acid groups (broad SMARTS) is 2. The van der Waals surface area contributed by atoms with Gasteiger partial charge in [0.1, 0.15) is 24.4 Å². The molecule has 0 heterocycles. The number of hydrogen-bond acceptors (Lipinski definition) is 9. The number of aliphatic hydroxyl groups is 5. The van der Waals surface area contributed by atoms with E-state index in [2.05, 4.69) is 0 Å². The summed E-state index contributed by atoms with van der Waals surface area (Å²) in [4.78, 5) is 18.2. The summed E-state index contributed by atoms with van der Waals surface area (Å²) in [5.41, 5.74) is 0. The third-order valence-corrected chi connectivity index (χ3v) is 1.42. The Morgan fingerprint density at radius 3 is 1.61 bits per heavy atom. The first kappa shape index (κ1) is 25.5. The standard InChI is InChI=1S/C6H12O6.CH2O3.2H3N/c7-1-3(9)5(11)6(12)4(10)2-8;2-1(3)4;;/h1,3-6,8-12H,2H2;(H2,2,3,4);2*1H3/t3-,4+,5+,6+;;;/m0.../s1. The fourth-order valence-electron chi connectivity index (χ4n) is 0.618. The smallest absolute Gasteiger partial charge is 0.151 e. The highest BCUT2D eigenvalue weighted by molar-refractivity contribution is 5.56. The van der Waals surface area contributed by atoms with E-state index < -0.39 is 37.2 Å². The second-order valence-corrected chi connectivity index (χ2v) is 2.61. The molecule has 0 aliphatic carbocycles. The lowest BCUT2D eigenvalue weighted by Crippen LogP contribution is -2.46. The van der Waals surface area contributed by atoms with Crippen LogP contribution >= 0.6 is 0 Å². The number of rotatable bonds is 5. The summed E-state index contributed by atoms with van der Waals surface area (Å²) in [5, 5.41) is 60.2. The third kappa shape index (κ3) is 12.7. The first-order valence-corrected chi connectivity index (χ1v) is 3.94. The van der Waals surface area contributed by atoms with Crippen molar-refractivity contribution < 1.29 is 45.3 Å². The number of quaternary nitrogens is 2. The van der Waals surface area contributed by atoms with Crippen molar-refractivity contribution in [2.75, 3.05) is 6.61 Å². The Morgan fingerprint density at radius 1 is 1.06 bits per heavy atom. The summed E-state index contributed by atoms with van der Waals surface area (Å²) in [7, 11) is 0. The number of aliphatic hydroxyl groups excluding tert-OH is 5. The first-order valence-electron chi connectivity index (χ1n) is 3.94. The third-order valence-electron chi connectivity index (χ3n) is 1.42. The fourth-order valence-corrected chi connectivity index (χ4v) is 0.618. The van der Waals surface area contributed by atoms with Crippen LogP contribution in [-0.2, 0) is 4.79 Å². The highest BCUT2D eigenvalue weighted by Gasteiger charge is 2.29. The van der Waals surface area contributed by atoms with E-state index in [1.165, 1.54) is 0 Å². The molecule has 0 bridgehead atoms. The topological polar surface area (TPSA) is 254 Å². The molecule has 0 aromatic heterocycles. The second-order valence-electron chi connectivity index (χ2n) is 2.61. The van der Waals surface area contributed by atoms with Crippen LogP contribution in [0.5, 0.6) is 0 Å². The maximum atomic E-state index is 9.90. The van der Waals surface area contributed by atoms with E-state index in [0.29, 0.717) is 0 Å². The summed E-state index contributed by atoms with van der Waals surface area (Å²) in [5.74, 6) is 0. The van der Waals surface area contributed by atoms with Crippen LogP contribution in [-0.4, -0.2) is 69.0 Å². The van der Waals surface area contributed by atoms with E-state index in [9.17, 15) is 4.79 Å². The predicted molar refractivity (Wildman–Crippen MR) is 54.5 cm³/mol. The lowest BCUT2D eigenvalue weighted by molar-refractivity contribution is -0.415. The molecule has 0 unspecified atom stereocenters. The normalized spacial score (nSPS) is 15.4. The van der Waals surface area contributed by atoms with Gasteiger partial charge in [-0.05, 0) is 6.16 Å². The van der Waals surface area contributed by atoms with E-state index in [4.69, 9.17) is 40.5 Å². The summed E-state index contributed by atoms with van der Waals surface area (Å²) in [6, 6.07) is 0. The van der Waals surface area contributed by atoms with E-state index >= 15 is 0 Å². The molecule has 11 heteroatoms. The van der Waals surface area contributed by atoms with Crippen molar-refractivity contribution in [3.8, 4) is 0 Å². The Bertz CT molecular complexity index is 211. The molecule has 0 aromatic carbocycles. The summed E-state index contributed by atoms with van der Waals surface area (Å²) >= 11 is 0. The second kappa shape index (κ2) is 13.7. The van der Waals surface area contributed by atoms with Crippen LogP contribution in [0.15, 0.2) is 0 Å². The molecular formula is C7H20N2O9. The molecule has 0 rings (SSSR count). The molecule has 0 amide bonds. The molecule has 0 saturated heterocycles. The summed E-state index contributed by atoms with van der Waals surface area (Å²) in [6.45, 7) is -0.760. The van der Waals surface area contributed by atoms with Crippen molar-refractivity contribution in [3.05, 3.63) is 0 Å². The van der Waals surface area contributed by atoms with Crippen LogP contribution < -0.4 is 22.5 Å². The first-order chi connectivity index (χ1) is 7.27. The molecule has 18 heavy (non-hydrogen) atoms. The van der Waals surface area contributed by atoms with Crippen LogP contribution in [0.4, 0.5) is 4.79 Å².